The third-order valence-corrected chi connectivity index (χ3v) is 5.74. The molecule has 1 aliphatic heterocycles. The number of ether oxygens (including phenoxy) is 2. The Bertz CT molecular complexity index is 1240. The molecule has 0 radical (unpaired) electrons. The molecular weight excluding hydrogens is 509 g/mol. The number of quaternary nitrogens is 1. The van der Waals surface area contributed by atoms with Gasteiger partial charge in [-0.25, -0.2) is 14.6 Å². The molecule has 36 heavy (non-hydrogen) atoms. The lowest BCUT2D eigenvalue weighted by Gasteiger charge is -2.32. The van der Waals surface area contributed by atoms with Crippen molar-refractivity contribution in [2.24, 2.45) is 4.99 Å². The van der Waals surface area contributed by atoms with Crippen LogP contribution in [0.3, 0.4) is 0 Å². The Morgan fingerprint density at radius 3 is 2.33 bits per heavy atom. The highest BCUT2D eigenvalue weighted by Crippen LogP contribution is 2.32. The summed E-state index contributed by atoms with van der Waals surface area (Å²) in [7, 11) is 1.56. The van der Waals surface area contributed by atoms with Crippen LogP contribution < -0.4 is 14.3 Å². The van der Waals surface area contributed by atoms with Crippen molar-refractivity contribution in [1.29, 1.82) is 0 Å². The summed E-state index contributed by atoms with van der Waals surface area (Å²) in [6.45, 7) is 5.44. The molecule has 1 atom stereocenters. The number of carboxylic acid groups (broad SMARTS) is 1. The smallest absolute Gasteiger partial charge is 0.410 e. The van der Waals surface area contributed by atoms with Crippen LogP contribution in [0.5, 0.6) is 5.75 Å². The fraction of sp³-hybridized carbons (Fsp3) is 0.280. The average Bonchev–Trinajstić information content (AvgIpc) is 3.21. The number of hydrogen-bond acceptors (Lipinski definition) is 7. The highest BCUT2D eigenvalue weighted by molar-refractivity contribution is 6.36. The van der Waals surface area contributed by atoms with E-state index < -0.39 is 28.2 Å². The van der Waals surface area contributed by atoms with E-state index in [9.17, 15) is 19.5 Å². The number of amidine groups is 1. The van der Waals surface area contributed by atoms with E-state index in [1.165, 1.54) is 59.8 Å². The summed E-state index contributed by atoms with van der Waals surface area (Å²) in [5.41, 5.74) is -0.228. The van der Waals surface area contributed by atoms with Gasteiger partial charge in [0, 0.05) is 30.7 Å². The first-order valence-corrected chi connectivity index (χ1v) is 11.7. The minimum absolute atomic E-state index is 0.134. The van der Waals surface area contributed by atoms with Crippen molar-refractivity contribution in [3.63, 3.8) is 0 Å². The van der Waals surface area contributed by atoms with Crippen molar-refractivity contribution in [3.8, 4) is 5.75 Å². The van der Waals surface area contributed by atoms with Crippen LogP contribution in [0, 0.1) is 0 Å². The molecule has 1 aliphatic rings. The van der Waals surface area contributed by atoms with Crippen LogP contribution in [0.15, 0.2) is 59.9 Å². The molecule has 2 amide bonds. The van der Waals surface area contributed by atoms with Crippen LogP contribution in [-0.2, 0) is 4.74 Å². The Balaban J connectivity index is 1.75. The summed E-state index contributed by atoms with van der Waals surface area (Å²) in [5, 5.41) is 12.8. The third-order valence-electron chi connectivity index (χ3n) is 5.19. The molecule has 11 heteroatoms. The molecule has 0 fully saturated rings. The Hall–Kier alpha value is -3.40. The molecule has 0 saturated heterocycles. The fourth-order valence-corrected chi connectivity index (χ4v) is 3.89. The van der Waals surface area contributed by atoms with Gasteiger partial charge in [-0.05, 0) is 51.1 Å². The largest absolute Gasteiger partial charge is 0.497 e. The van der Waals surface area contributed by atoms with Gasteiger partial charge in [0.05, 0.1) is 23.2 Å². The zero-order valence-electron chi connectivity index (χ0n) is 20.2. The van der Waals surface area contributed by atoms with Crippen molar-refractivity contribution in [3.05, 3.63) is 70.5 Å². The highest BCUT2D eigenvalue weighted by atomic mass is 35.5. The van der Waals surface area contributed by atoms with Crippen LogP contribution in [0.4, 0.5) is 15.3 Å². The zero-order valence-corrected chi connectivity index (χ0v) is 21.7. The van der Waals surface area contributed by atoms with E-state index in [1.54, 1.807) is 27.8 Å². The predicted molar refractivity (Wildman–Crippen MR) is 135 cm³/mol. The molecule has 0 aromatic heterocycles. The topological polar surface area (TPSA) is 108 Å². The van der Waals surface area contributed by atoms with Gasteiger partial charge in [-0.15, -0.1) is 0 Å². The first kappa shape index (κ1) is 27.2. The number of aliphatic imine (C=N–C) groups is 1. The molecule has 0 N–H and O–H groups in total. The van der Waals surface area contributed by atoms with Crippen molar-refractivity contribution in [1.82, 2.24) is 9.38 Å². The number of benzene rings is 2. The van der Waals surface area contributed by atoms with Crippen molar-refractivity contribution in [2.75, 3.05) is 13.6 Å². The highest BCUT2D eigenvalue weighted by Gasteiger charge is 2.41. The van der Waals surface area contributed by atoms with Crippen LogP contribution in [0.2, 0.25) is 10.0 Å². The summed E-state index contributed by atoms with van der Waals surface area (Å²) in [5.74, 6) is -0.276. The van der Waals surface area contributed by atoms with Gasteiger partial charge in [0.15, 0.2) is 0 Å². The third kappa shape index (κ3) is 6.04. The molecule has 2 aromatic carbocycles. The van der Waals surface area contributed by atoms with Gasteiger partial charge in [0.2, 0.25) is 5.84 Å². The summed E-state index contributed by atoms with van der Waals surface area (Å²) >= 11 is 11.9. The van der Waals surface area contributed by atoms with Gasteiger partial charge >= 0.3 is 12.1 Å². The number of rotatable bonds is 6. The zero-order chi connectivity index (χ0) is 26.7. The summed E-state index contributed by atoms with van der Waals surface area (Å²) in [6.07, 6.45) is 0.914. The first-order chi connectivity index (χ1) is 16.8. The minimum atomic E-state index is -1.43. The summed E-state index contributed by atoms with van der Waals surface area (Å²) in [6, 6.07) is 10.3. The second-order valence-corrected chi connectivity index (χ2v) is 9.84. The summed E-state index contributed by atoms with van der Waals surface area (Å²) in [4.78, 5) is 42.6. The van der Waals surface area contributed by atoms with E-state index in [0.717, 1.165) is 0 Å². The predicted octanol–water partition coefficient (Wildman–Crippen LogP) is 5.00. The van der Waals surface area contributed by atoms with E-state index in [2.05, 4.69) is 4.99 Å². The van der Waals surface area contributed by atoms with Crippen LogP contribution in [-0.4, -0.2) is 48.1 Å². The SMILES string of the molecule is CN(CCC1=NC=C[N+]1(C(=O)[O-])c1ccc(OC(=O)c2ccc(Cl)cc2Cl)cc1)C(=O)OC(C)(C)C. The van der Waals surface area contributed by atoms with Gasteiger partial charge in [-0.1, -0.05) is 23.2 Å². The summed E-state index contributed by atoms with van der Waals surface area (Å²) < 4.78 is 9.90. The normalized spacial score (nSPS) is 16.9. The Morgan fingerprint density at radius 2 is 1.75 bits per heavy atom. The van der Waals surface area contributed by atoms with Gasteiger partial charge in [-0.3, -0.25) is 0 Å². The number of esters is 1. The van der Waals surface area contributed by atoms with Crippen molar-refractivity contribution >= 4 is 52.9 Å². The molecule has 9 nitrogen and oxygen atoms in total. The molecule has 0 bridgehead atoms. The van der Waals surface area contributed by atoms with E-state index in [-0.39, 0.29) is 35.1 Å². The van der Waals surface area contributed by atoms with E-state index >= 15 is 0 Å². The lowest BCUT2D eigenvalue weighted by atomic mass is 10.2. The number of amides is 2. The number of hydrogen-bond donors (Lipinski definition) is 0. The maximum absolute atomic E-state index is 12.5. The van der Waals surface area contributed by atoms with Gasteiger partial charge in [0.25, 0.3) is 6.09 Å². The number of carbonyl (C=O) groups is 3. The average molecular weight is 534 g/mol. The minimum Gasteiger partial charge on any atom is -0.497 e. The molecule has 1 heterocycles. The number of carbonyl (C=O) groups excluding carboxylic acids is 3. The van der Waals surface area contributed by atoms with E-state index in [4.69, 9.17) is 32.7 Å². The second kappa shape index (κ2) is 10.7. The van der Waals surface area contributed by atoms with Crippen LogP contribution in [0.25, 0.3) is 0 Å². The maximum Gasteiger partial charge on any atom is 0.410 e. The Labute approximate surface area is 218 Å². The van der Waals surface area contributed by atoms with E-state index in [0.29, 0.717) is 10.7 Å². The Kier molecular flexibility index (Phi) is 8.08. The molecule has 190 valence electrons. The number of halogens is 2. The van der Waals surface area contributed by atoms with Crippen LogP contribution >= 0.6 is 23.2 Å². The maximum atomic E-state index is 12.5. The quantitative estimate of drug-likeness (QED) is 0.293. The van der Waals surface area contributed by atoms with E-state index in [1.807, 2.05) is 0 Å². The lowest BCUT2D eigenvalue weighted by Crippen LogP contribution is -2.59. The van der Waals surface area contributed by atoms with Gasteiger partial charge in [0.1, 0.15) is 23.2 Å². The monoisotopic (exact) mass is 533 g/mol. The Morgan fingerprint density at radius 1 is 1.08 bits per heavy atom. The molecule has 0 saturated carbocycles. The lowest BCUT2D eigenvalue weighted by molar-refractivity contribution is -0.257. The van der Waals surface area contributed by atoms with Gasteiger partial charge < -0.3 is 24.3 Å². The van der Waals surface area contributed by atoms with Crippen molar-refractivity contribution in [2.45, 2.75) is 32.8 Å². The van der Waals surface area contributed by atoms with Gasteiger partial charge in [-0.2, -0.15) is 4.48 Å². The fourth-order valence-electron chi connectivity index (χ4n) is 3.41. The second-order valence-electron chi connectivity index (χ2n) is 8.99. The van der Waals surface area contributed by atoms with Crippen molar-refractivity contribution < 1.29 is 29.0 Å². The first-order valence-electron chi connectivity index (χ1n) is 10.9. The molecule has 3 rings (SSSR count). The molecular formula is C25H25Cl2N3O6. The molecule has 2 aromatic rings. The molecule has 1 unspecified atom stereocenters. The number of nitrogens with zero attached hydrogens (tertiary/aromatic N) is 3. The molecule has 0 aliphatic carbocycles. The molecule has 0 spiro atoms. The van der Waals surface area contributed by atoms with Crippen LogP contribution in [0.1, 0.15) is 37.6 Å². The standard InChI is InChI=1S/C25H25Cl2N3O6/c1-25(2,3)36-23(32)29(4)13-11-21-28-12-14-30(21,24(33)34)17-6-8-18(9-7-17)35-22(31)19-10-5-16(26)15-20(19)27/h5-10,12,14-15H,11,13H2,1-4H3.